The first-order chi connectivity index (χ1) is 18.9. The van der Waals surface area contributed by atoms with Gasteiger partial charge in [0.25, 0.3) is 16.9 Å². The number of aromatic nitrogens is 2. The second-order valence-electron chi connectivity index (χ2n) is 9.38. The Bertz CT molecular complexity index is 1640. The van der Waals surface area contributed by atoms with Gasteiger partial charge in [0.05, 0.1) is 27.0 Å². The van der Waals surface area contributed by atoms with Crippen molar-refractivity contribution in [3.05, 3.63) is 114 Å². The molecule has 198 valence electrons. The van der Waals surface area contributed by atoms with Gasteiger partial charge in [0, 0.05) is 35.7 Å². The average Bonchev–Trinajstić information content (AvgIpc) is 2.96. The first-order valence-electron chi connectivity index (χ1n) is 12.6. The summed E-state index contributed by atoms with van der Waals surface area (Å²) in [6.07, 6.45) is 6.37. The van der Waals surface area contributed by atoms with Crippen LogP contribution in [0.4, 0.5) is 11.4 Å². The first kappa shape index (κ1) is 25.7. The summed E-state index contributed by atoms with van der Waals surface area (Å²) in [5.74, 6) is 0.916. The van der Waals surface area contributed by atoms with Crippen LogP contribution in [0.1, 0.15) is 55.0 Å². The maximum atomic E-state index is 13.5. The van der Waals surface area contributed by atoms with E-state index in [4.69, 9.17) is 9.72 Å². The number of ether oxygens (including phenoxy) is 1. The van der Waals surface area contributed by atoms with Crippen molar-refractivity contribution in [2.45, 2.75) is 44.6 Å². The molecule has 0 N–H and O–H groups in total. The number of hydrogen-bond acceptors (Lipinski definition) is 8. The van der Waals surface area contributed by atoms with Crippen LogP contribution in [0.5, 0.6) is 5.75 Å². The Kier molecular flexibility index (Phi) is 7.39. The molecule has 0 amide bonds. The van der Waals surface area contributed by atoms with Crippen LogP contribution in [0, 0.1) is 20.2 Å². The third kappa shape index (κ3) is 5.66. The molecule has 1 aliphatic rings. The highest BCUT2D eigenvalue weighted by Gasteiger charge is 2.22. The predicted molar refractivity (Wildman–Crippen MR) is 145 cm³/mol. The number of rotatable bonds is 8. The molecule has 0 saturated heterocycles. The van der Waals surface area contributed by atoms with Crippen LogP contribution in [0.2, 0.25) is 0 Å². The van der Waals surface area contributed by atoms with Crippen LogP contribution < -0.4 is 10.3 Å². The molecule has 0 radical (unpaired) electrons. The molecule has 1 saturated carbocycles. The molecular weight excluding hydrogens is 502 g/mol. The Morgan fingerprint density at radius 1 is 0.949 bits per heavy atom. The smallest absolute Gasteiger partial charge is 0.282 e. The van der Waals surface area contributed by atoms with E-state index in [1.165, 1.54) is 41.2 Å². The zero-order chi connectivity index (χ0) is 27.4. The summed E-state index contributed by atoms with van der Waals surface area (Å²) in [5.41, 5.74) is 0.882. The van der Waals surface area contributed by atoms with E-state index in [2.05, 4.69) is 5.10 Å². The number of nitrogens with zero attached hydrogens (tertiary/aromatic N) is 5. The second kappa shape index (κ2) is 11.2. The van der Waals surface area contributed by atoms with E-state index in [1.807, 2.05) is 6.07 Å². The summed E-state index contributed by atoms with van der Waals surface area (Å²) in [6, 6.07) is 17.2. The van der Waals surface area contributed by atoms with Crippen molar-refractivity contribution in [1.82, 2.24) is 9.66 Å². The van der Waals surface area contributed by atoms with Crippen molar-refractivity contribution >= 4 is 28.5 Å². The van der Waals surface area contributed by atoms with Gasteiger partial charge < -0.3 is 4.74 Å². The van der Waals surface area contributed by atoms with Crippen molar-refractivity contribution in [3.63, 3.8) is 0 Å². The summed E-state index contributed by atoms with van der Waals surface area (Å²) in [4.78, 5) is 39.8. The fourth-order valence-corrected chi connectivity index (χ4v) is 4.80. The molecule has 0 bridgehead atoms. The van der Waals surface area contributed by atoms with Gasteiger partial charge >= 0.3 is 0 Å². The number of fused-ring (bicyclic) bond motifs is 1. The fraction of sp³-hybridized carbons (Fsp3) is 0.250. The minimum Gasteiger partial charge on any atom is -0.488 e. The van der Waals surface area contributed by atoms with Gasteiger partial charge in [-0.2, -0.15) is 9.78 Å². The number of para-hydroxylation sites is 1. The number of non-ortho nitro benzene ring substituents is 2. The third-order valence-electron chi connectivity index (χ3n) is 6.78. The molecule has 11 nitrogen and oxygen atoms in total. The number of hydrogen-bond donors (Lipinski definition) is 0. The summed E-state index contributed by atoms with van der Waals surface area (Å²) in [7, 11) is 0. The van der Waals surface area contributed by atoms with E-state index in [-0.39, 0.29) is 40.8 Å². The minimum absolute atomic E-state index is 0.00880. The van der Waals surface area contributed by atoms with Crippen molar-refractivity contribution in [2.75, 3.05) is 0 Å². The lowest BCUT2D eigenvalue weighted by atomic mass is 9.88. The number of benzene rings is 3. The van der Waals surface area contributed by atoms with Crippen LogP contribution in [0.25, 0.3) is 10.9 Å². The Balaban J connectivity index is 1.54. The molecular formula is C28H25N5O6. The highest BCUT2D eigenvalue weighted by Crippen LogP contribution is 2.32. The maximum absolute atomic E-state index is 13.5. The summed E-state index contributed by atoms with van der Waals surface area (Å²) < 4.78 is 7.18. The molecule has 4 aromatic rings. The molecule has 11 heteroatoms. The summed E-state index contributed by atoms with van der Waals surface area (Å²) in [5, 5.41) is 27.5. The molecule has 39 heavy (non-hydrogen) atoms. The molecule has 0 aliphatic heterocycles. The fourth-order valence-electron chi connectivity index (χ4n) is 4.80. The van der Waals surface area contributed by atoms with E-state index in [9.17, 15) is 25.0 Å². The Morgan fingerprint density at radius 2 is 1.69 bits per heavy atom. The summed E-state index contributed by atoms with van der Waals surface area (Å²) >= 11 is 0. The zero-order valence-corrected chi connectivity index (χ0v) is 20.9. The van der Waals surface area contributed by atoms with Gasteiger partial charge in [-0.1, -0.05) is 43.5 Å². The van der Waals surface area contributed by atoms with Gasteiger partial charge in [-0.15, -0.1) is 0 Å². The predicted octanol–water partition coefficient (Wildman–Crippen LogP) is 5.72. The van der Waals surface area contributed by atoms with Crippen LogP contribution in [-0.2, 0) is 6.61 Å². The topological polar surface area (TPSA) is 143 Å². The lowest BCUT2D eigenvalue weighted by Crippen LogP contribution is -2.25. The van der Waals surface area contributed by atoms with Gasteiger partial charge in [0.15, 0.2) is 0 Å². The second-order valence-corrected chi connectivity index (χ2v) is 9.38. The van der Waals surface area contributed by atoms with Crippen molar-refractivity contribution in [3.8, 4) is 5.75 Å². The highest BCUT2D eigenvalue weighted by molar-refractivity contribution is 5.85. The molecule has 1 aliphatic carbocycles. The molecule has 1 heterocycles. The first-order valence-corrected chi connectivity index (χ1v) is 12.6. The van der Waals surface area contributed by atoms with E-state index in [1.54, 1.807) is 30.3 Å². The highest BCUT2D eigenvalue weighted by atomic mass is 16.6. The molecule has 1 aromatic heterocycles. The average molecular weight is 528 g/mol. The van der Waals surface area contributed by atoms with Crippen LogP contribution >= 0.6 is 0 Å². The summed E-state index contributed by atoms with van der Waals surface area (Å²) in [6.45, 7) is -0.00880. The van der Waals surface area contributed by atoms with Crippen LogP contribution in [-0.4, -0.2) is 25.7 Å². The maximum Gasteiger partial charge on any atom is 0.282 e. The van der Waals surface area contributed by atoms with Gasteiger partial charge in [-0.3, -0.25) is 25.0 Å². The molecule has 1 fully saturated rings. The van der Waals surface area contributed by atoms with Crippen LogP contribution in [0.15, 0.2) is 76.6 Å². The number of nitro groups is 2. The number of nitro benzene ring substituents is 2. The van der Waals surface area contributed by atoms with E-state index >= 15 is 0 Å². The SMILES string of the molecule is O=c1c2ccccc2nc(C2CCCCC2)n1N=Cc1cc([N+](=O)[O-])ccc1OCc1cccc([N+](=O)[O-])c1. The Morgan fingerprint density at radius 3 is 2.46 bits per heavy atom. The normalized spacial score (nSPS) is 14.1. The van der Waals surface area contributed by atoms with E-state index < -0.39 is 9.85 Å². The van der Waals surface area contributed by atoms with Crippen molar-refractivity contribution < 1.29 is 14.6 Å². The van der Waals surface area contributed by atoms with Crippen molar-refractivity contribution in [1.29, 1.82) is 0 Å². The lowest BCUT2D eigenvalue weighted by molar-refractivity contribution is -0.385. The van der Waals surface area contributed by atoms with Gasteiger partial charge in [-0.25, -0.2) is 4.98 Å². The molecule has 5 rings (SSSR count). The quantitative estimate of drug-likeness (QED) is 0.162. The molecule has 3 aromatic carbocycles. The van der Waals surface area contributed by atoms with Gasteiger partial charge in [0.2, 0.25) is 0 Å². The van der Waals surface area contributed by atoms with Crippen LogP contribution in [0.3, 0.4) is 0 Å². The third-order valence-corrected chi connectivity index (χ3v) is 6.78. The standard InChI is InChI=1S/C28H25N5O6/c34-28-24-11-4-5-12-25(24)30-27(20-8-2-1-3-9-20)31(28)29-17-21-16-23(33(37)38)13-14-26(21)39-18-19-7-6-10-22(15-19)32(35)36/h4-7,10-17,20H,1-3,8-9,18H2. The molecule has 0 unspecified atom stereocenters. The lowest BCUT2D eigenvalue weighted by Gasteiger charge is -2.22. The van der Waals surface area contributed by atoms with E-state index in [0.717, 1.165) is 32.1 Å². The Hall–Kier alpha value is -4.93. The van der Waals surface area contributed by atoms with Gasteiger partial charge in [0.1, 0.15) is 18.2 Å². The molecule has 0 spiro atoms. The van der Waals surface area contributed by atoms with E-state index in [0.29, 0.717) is 22.3 Å². The molecule has 0 atom stereocenters. The monoisotopic (exact) mass is 527 g/mol. The minimum atomic E-state index is -0.529. The zero-order valence-electron chi connectivity index (χ0n) is 20.9. The van der Waals surface area contributed by atoms with Crippen molar-refractivity contribution in [2.24, 2.45) is 5.10 Å². The van der Waals surface area contributed by atoms with Gasteiger partial charge in [-0.05, 0) is 36.6 Å². The largest absolute Gasteiger partial charge is 0.488 e. The Labute approximate surface area is 222 Å².